The molecule has 1 rings (SSSR count). The van der Waals surface area contributed by atoms with E-state index in [1.807, 2.05) is 4.68 Å². The van der Waals surface area contributed by atoms with Crippen LogP contribution in [0.15, 0.2) is 6.33 Å². The lowest BCUT2D eigenvalue weighted by molar-refractivity contribution is 0.360. The van der Waals surface area contributed by atoms with E-state index < -0.39 is 0 Å². The molecule has 1 aromatic rings. The van der Waals surface area contributed by atoms with Gasteiger partial charge in [0.15, 0.2) is 0 Å². The molecule has 0 saturated heterocycles. The Morgan fingerprint density at radius 2 is 1.29 bits per heavy atom. The van der Waals surface area contributed by atoms with Crippen molar-refractivity contribution in [3.8, 4) is 0 Å². The molecule has 1 atom stereocenters. The predicted octanol–water partition coefficient (Wildman–Crippen LogP) is 5.33. The SMILES string of the molecule is CCCCCCCCC(CCCCCCC)n1cnnn1. The fourth-order valence-electron chi connectivity index (χ4n) is 2.89. The Balaban J connectivity index is 2.19. The highest BCUT2D eigenvalue weighted by molar-refractivity contribution is 4.66. The topological polar surface area (TPSA) is 43.6 Å². The van der Waals surface area contributed by atoms with E-state index in [2.05, 4.69) is 29.4 Å². The molecule has 1 heterocycles. The van der Waals surface area contributed by atoms with Gasteiger partial charge in [-0.05, 0) is 23.3 Å². The molecule has 0 fully saturated rings. The molecule has 4 nitrogen and oxygen atoms in total. The standard InChI is InChI=1S/C17H34N4/c1-3-5-7-9-11-13-15-17(21-16-18-19-20-21)14-12-10-8-6-4-2/h16-17H,3-15H2,1-2H3. The zero-order chi connectivity index (χ0) is 15.2. The van der Waals surface area contributed by atoms with Gasteiger partial charge < -0.3 is 0 Å². The second-order valence-electron chi connectivity index (χ2n) is 6.20. The highest BCUT2D eigenvalue weighted by atomic mass is 15.5. The van der Waals surface area contributed by atoms with Gasteiger partial charge in [0.2, 0.25) is 0 Å². The van der Waals surface area contributed by atoms with Gasteiger partial charge in [-0.3, -0.25) is 0 Å². The number of nitrogens with zero attached hydrogens (tertiary/aromatic N) is 4. The molecule has 0 spiro atoms. The van der Waals surface area contributed by atoms with Crippen LogP contribution in [-0.4, -0.2) is 20.2 Å². The van der Waals surface area contributed by atoms with Crippen molar-refractivity contribution in [3.05, 3.63) is 6.33 Å². The Morgan fingerprint density at radius 1 is 0.762 bits per heavy atom. The lowest BCUT2D eigenvalue weighted by Crippen LogP contribution is -2.10. The minimum atomic E-state index is 0.507. The first-order chi connectivity index (χ1) is 10.4. The van der Waals surface area contributed by atoms with E-state index in [1.165, 1.54) is 83.5 Å². The van der Waals surface area contributed by atoms with Gasteiger partial charge in [-0.2, -0.15) is 0 Å². The summed E-state index contributed by atoms with van der Waals surface area (Å²) < 4.78 is 1.98. The van der Waals surface area contributed by atoms with E-state index in [9.17, 15) is 0 Å². The Labute approximate surface area is 130 Å². The second-order valence-corrected chi connectivity index (χ2v) is 6.20. The smallest absolute Gasteiger partial charge is 0.138 e. The summed E-state index contributed by atoms with van der Waals surface area (Å²) in [6, 6.07) is 0.507. The number of aromatic nitrogens is 4. The van der Waals surface area contributed by atoms with Crippen molar-refractivity contribution in [2.75, 3.05) is 0 Å². The Hall–Kier alpha value is -0.930. The largest absolute Gasteiger partial charge is 0.229 e. The molecule has 4 heteroatoms. The van der Waals surface area contributed by atoms with Crippen LogP contribution < -0.4 is 0 Å². The van der Waals surface area contributed by atoms with Crippen LogP contribution in [0.1, 0.15) is 103 Å². The van der Waals surface area contributed by atoms with E-state index >= 15 is 0 Å². The number of unbranched alkanes of at least 4 members (excludes halogenated alkanes) is 9. The highest BCUT2D eigenvalue weighted by Gasteiger charge is 2.11. The van der Waals surface area contributed by atoms with Crippen molar-refractivity contribution >= 4 is 0 Å². The lowest BCUT2D eigenvalue weighted by atomic mass is 10.0. The summed E-state index contributed by atoms with van der Waals surface area (Å²) in [5.74, 6) is 0. The third-order valence-electron chi connectivity index (χ3n) is 4.27. The molecule has 1 unspecified atom stereocenters. The maximum Gasteiger partial charge on any atom is 0.138 e. The highest BCUT2D eigenvalue weighted by Crippen LogP contribution is 2.22. The first kappa shape index (κ1) is 18.1. The van der Waals surface area contributed by atoms with Crippen LogP contribution in [0.4, 0.5) is 0 Å². The summed E-state index contributed by atoms with van der Waals surface area (Å²) in [4.78, 5) is 0. The maximum atomic E-state index is 4.12. The molecule has 0 radical (unpaired) electrons. The molecule has 0 bridgehead atoms. The first-order valence-corrected chi connectivity index (χ1v) is 9.11. The number of hydrogen-bond acceptors (Lipinski definition) is 3. The maximum absolute atomic E-state index is 4.12. The van der Waals surface area contributed by atoms with E-state index in [0.717, 1.165) is 0 Å². The first-order valence-electron chi connectivity index (χ1n) is 9.11. The van der Waals surface area contributed by atoms with Crippen molar-refractivity contribution in [1.29, 1.82) is 0 Å². The summed E-state index contributed by atoms with van der Waals surface area (Å²) in [5.41, 5.74) is 0. The molecular weight excluding hydrogens is 260 g/mol. The van der Waals surface area contributed by atoms with Crippen molar-refractivity contribution < 1.29 is 0 Å². The average molecular weight is 294 g/mol. The van der Waals surface area contributed by atoms with E-state index in [1.54, 1.807) is 6.33 Å². The van der Waals surface area contributed by atoms with Crippen LogP contribution in [0, 0.1) is 0 Å². The molecule has 0 aliphatic heterocycles. The minimum Gasteiger partial charge on any atom is -0.229 e. The normalized spacial score (nSPS) is 12.7. The van der Waals surface area contributed by atoms with Crippen molar-refractivity contribution in [1.82, 2.24) is 20.2 Å². The zero-order valence-corrected chi connectivity index (χ0v) is 14.1. The zero-order valence-electron chi connectivity index (χ0n) is 14.1. The van der Waals surface area contributed by atoms with Crippen LogP contribution >= 0.6 is 0 Å². The van der Waals surface area contributed by atoms with Crippen molar-refractivity contribution in [3.63, 3.8) is 0 Å². The Kier molecular flexibility index (Phi) is 11.0. The van der Waals surface area contributed by atoms with Gasteiger partial charge in [0.05, 0.1) is 6.04 Å². The monoisotopic (exact) mass is 294 g/mol. The summed E-state index contributed by atoms with van der Waals surface area (Å²) in [5, 5.41) is 11.7. The number of tetrazole rings is 1. The second kappa shape index (κ2) is 12.8. The van der Waals surface area contributed by atoms with Gasteiger partial charge in [0.25, 0.3) is 0 Å². The van der Waals surface area contributed by atoms with Gasteiger partial charge in [-0.25, -0.2) is 4.68 Å². The summed E-state index contributed by atoms with van der Waals surface area (Å²) >= 11 is 0. The molecular formula is C17H34N4. The lowest BCUT2D eigenvalue weighted by Gasteiger charge is -2.16. The number of hydrogen-bond donors (Lipinski definition) is 0. The van der Waals surface area contributed by atoms with Crippen molar-refractivity contribution in [2.45, 2.75) is 103 Å². The quantitative estimate of drug-likeness (QED) is 0.436. The Morgan fingerprint density at radius 3 is 1.76 bits per heavy atom. The predicted molar refractivity (Wildman–Crippen MR) is 88.2 cm³/mol. The van der Waals surface area contributed by atoms with Gasteiger partial charge in [0, 0.05) is 0 Å². The van der Waals surface area contributed by atoms with Crippen molar-refractivity contribution in [2.24, 2.45) is 0 Å². The molecule has 0 amide bonds. The Bertz CT molecular complexity index is 311. The molecule has 0 aromatic carbocycles. The van der Waals surface area contributed by atoms with Gasteiger partial charge >= 0.3 is 0 Å². The third kappa shape index (κ3) is 8.84. The molecule has 0 aliphatic carbocycles. The third-order valence-corrected chi connectivity index (χ3v) is 4.27. The molecule has 21 heavy (non-hydrogen) atoms. The van der Waals surface area contributed by atoms with Gasteiger partial charge in [-0.15, -0.1) is 5.10 Å². The molecule has 1 aromatic heterocycles. The fourth-order valence-corrected chi connectivity index (χ4v) is 2.89. The minimum absolute atomic E-state index is 0.507. The van der Waals surface area contributed by atoms with Crippen LogP contribution in [0.3, 0.4) is 0 Å². The molecule has 0 aliphatic rings. The van der Waals surface area contributed by atoms with Crippen LogP contribution in [0.2, 0.25) is 0 Å². The van der Waals surface area contributed by atoms with E-state index in [0.29, 0.717) is 6.04 Å². The summed E-state index contributed by atoms with van der Waals surface area (Å²) in [6.07, 6.45) is 19.1. The van der Waals surface area contributed by atoms with Gasteiger partial charge in [-0.1, -0.05) is 84.5 Å². The van der Waals surface area contributed by atoms with Crippen LogP contribution in [0.25, 0.3) is 0 Å². The summed E-state index contributed by atoms with van der Waals surface area (Å²) in [7, 11) is 0. The molecule has 0 N–H and O–H groups in total. The van der Waals surface area contributed by atoms with Gasteiger partial charge in [0.1, 0.15) is 6.33 Å². The van der Waals surface area contributed by atoms with Crippen LogP contribution in [-0.2, 0) is 0 Å². The molecule has 122 valence electrons. The van der Waals surface area contributed by atoms with Crippen LogP contribution in [0.5, 0.6) is 0 Å². The number of rotatable bonds is 14. The fraction of sp³-hybridized carbons (Fsp3) is 0.941. The van der Waals surface area contributed by atoms with E-state index in [-0.39, 0.29) is 0 Å². The molecule has 0 saturated carbocycles. The average Bonchev–Trinajstić information content (AvgIpc) is 3.02. The summed E-state index contributed by atoms with van der Waals surface area (Å²) in [6.45, 7) is 4.54. The van der Waals surface area contributed by atoms with E-state index in [4.69, 9.17) is 0 Å².